The van der Waals surface area contributed by atoms with E-state index in [4.69, 9.17) is 4.74 Å². The van der Waals surface area contributed by atoms with Crippen molar-refractivity contribution in [3.8, 4) is 5.75 Å². The van der Waals surface area contributed by atoms with Crippen LogP contribution in [-0.2, 0) is 0 Å². The summed E-state index contributed by atoms with van der Waals surface area (Å²) in [7, 11) is 1.63. The number of hydrogen-bond acceptors (Lipinski definition) is 3. The van der Waals surface area contributed by atoms with Crippen LogP contribution in [0.4, 0.5) is 0 Å². The maximum atomic E-state index is 12.3. The molecule has 1 atom stereocenters. The highest BCUT2D eigenvalue weighted by Crippen LogP contribution is 2.41. The van der Waals surface area contributed by atoms with Gasteiger partial charge in [0.1, 0.15) is 5.75 Å². The van der Waals surface area contributed by atoms with Gasteiger partial charge in [0.2, 0.25) is 5.56 Å². The number of ether oxygens (including phenoxy) is 1. The summed E-state index contributed by atoms with van der Waals surface area (Å²) in [5.41, 5.74) is 1.31. The Labute approximate surface area is 128 Å². The zero-order valence-corrected chi connectivity index (χ0v) is 12.3. The minimum atomic E-state index is -0.217. The predicted molar refractivity (Wildman–Crippen MR) is 83.0 cm³/mol. The fraction of sp³-hybridized carbons (Fsp3) is 0.294. The molecule has 1 heterocycles. The number of carbonyl (C=O) groups excluding carboxylic acids is 1. The van der Waals surface area contributed by atoms with Crippen LogP contribution in [-0.4, -0.2) is 18.0 Å². The lowest BCUT2D eigenvalue weighted by molar-refractivity contribution is 0.0931. The van der Waals surface area contributed by atoms with Gasteiger partial charge in [-0.05, 0) is 42.5 Å². The van der Waals surface area contributed by atoms with Crippen LogP contribution in [0.3, 0.4) is 0 Å². The van der Waals surface area contributed by atoms with Crippen LogP contribution in [0, 0.1) is 5.92 Å². The van der Waals surface area contributed by atoms with E-state index in [9.17, 15) is 9.59 Å². The molecule has 0 radical (unpaired) electrons. The smallest absolute Gasteiger partial charge is 0.253 e. The lowest BCUT2D eigenvalue weighted by Gasteiger charge is -2.19. The van der Waals surface area contributed by atoms with Gasteiger partial charge in [-0.25, -0.2) is 0 Å². The van der Waals surface area contributed by atoms with Crippen LogP contribution in [0.25, 0.3) is 0 Å². The van der Waals surface area contributed by atoms with Crippen LogP contribution >= 0.6 is 0 Å². The Balaban J connectivity index is 1.77. The third-order valence-electron chi connectivity index (χ3n) is 3.90. The molecule has 0 saturated heterocycles. The van der Waals surface area contributed by atoms with Gasteiger partial charge in [-0.1, -0.05) is 12.1 Å². The highest BCUT2D eigenvalue weighted by atomic mass is 16.5. The third-order valence-corrected chi connectivity index (χ3v) is 3.90. The predicted octanol–water partition coefficient (Wildman–Crippen LogP) is 2.26. The fourth-order valence-electron chi connectivity index (χ4n) is 2.49. The van der Waals surface area contributed by atoms with Crippen molar-refractivity contribution < 1.29 is 9.53 Å². The standard InChI is InChI=1S/C17H18N2O3/c1-22-14-7-4-12(5-8-14)16(11-2-3-11)19-17(21)13-6-9-15(20)18-10-13/h4-11,16H,2-3H2,1H3,(H,18,20)(H,19,21). The highest BCUT2D eigenvalue weighted by molar-refractivity contribution is 5.94. The number of pyridine rings is 1. The van der Waals surface area contributed by atoms with Gasteiger partial charge in [0.15, 0.2) is 0 Å². The molecule has 5 nitrogen and oxygen atoms in total. The molecule has 1 aliphatic rings. The Morgan fingerprint density at radius 3 is 2.50 bits per heavy atom. The van der Waals surface area contributed by atoms with E-state index >= 15 is 0 Å². The van der Waals surface area contributed by atoms with Crippen molar-refractivity contribution in [1.29, 1.82) is 0 Å². The molecule has 2 aromatic rings. The second kappa shape index (κ2) is 6.05. The van der Waals surface area contributed by atoms with Gasteiger partial charge in [-0.3, -0.25) is 9.59 Å². The quantitative estimate of drug-likeness (QED) is 0.889. The summed E-state index contributed by atoms with van der Waals surface area (Å²) in [6.07, 6.45) is 3.67. The normalized spacial score (nSPS) is 15.1. The number of methoxy groups -OCH3 is 1. The van der Waals surface area contributed by atoms with Crippen LogP contribution in [0.15, 0.2) is 47.4 Å². The molecule has 0 bridgehead atoms. The Morgan fingerprint density at radius 2 is 1.95 bits per heavy atom. The van der Waals surface area contributed by atoms with Crippen molar-refractivity contribution in [2.45, 2.75) is 18.9 Å². The summed E-state index contributed by atoms with van der Waals surface area (Å²) in [5, 5.41) is 3.07. The van der Waals surface area contributed by atoms with Gasteiger partial charge < -0.3 is 15.0 Å². The van der Waals surface area contributed by atoms with E-state index in [1.54, 1.807) is 7.11 Å². The molecule has 1 saturated carbocycles. The summed E-state index contributed by atoms with van der Waals surface area (Å²) in [6, 6.07) is 10.6. The molecule has 1 aliphatic carbocycles. The first kappa shape index (κ1) is 14.4. The molecule has 22 heavy (non-hydrogen) atoms. The first-order valence-corrected chi connectivity index (χ1v) is 7.31. The van der Waals surface area contributed by atoms with Gasteiger partial charge in [0, 0.05) is 12.3 Å². The SMILES string of the molecule is COc1ccc(C(NC(=O)c2ccc(=O)[nH]c2)C2CC2)cc1. The molecular formula is C17H18N2O3. The number of aromatic amines is 1. The maximum Gasteiger partial charge on any atom is 0.253 e. The van der Waals surface area contributed by atoms with Gasteiger partial charge in [-0.15, -0.1) is 0 Å². The van der Waals surface area contributed by atoms with E-state index in [-0.39, 0.29) is 17.5 Å². The molecule has 2 N–H and O–H groups in total. The molecule has 5 heteroatoms. The number of H-pyrrole nitrogens is 1. The average molecular weight is 298 g/mol. The van der Waals surface area contributed by atoms with Crippen LogP contribution in [0.1, 0.15) is 34.8 Å². The Bertz CT molecular complexity index is 697. The summed E-state index contributed by atoms with van der Waals surface area (Å²) < 4.78 is 5.17. The molecule has 1 fully saturated rings. The summed E-state index contributed by atoms with van der Waals surface area (Å²) >= 11 is 0. The minimum absolute atomic E-state index is 0.00895. The number of aromatic nitrogens is 1. The lowest BCUT2D eigenvalue weighted by Crippen LogP contribution is -2.30. The molecule has 1 aromatic heterocycles. The monoisotopic (exact) mass is 298 g/mol. The minimum Gasteiger partial charge on any atom is -0.497 e. The van der Waals surface area contributed by atoms with Crippen LogP contribution in [0.5, 0.6) is 5.75 Å². The average Bonchev–Trinajstić information content (AvgIpc) is 3.38. The Kier molecular flexibility index (Phi) is 3.96. The number of nitrogens with one attached hydrogen (secondary N) is 2. The van der Waals surface area contributed by atoms with Gasteiger partial charge in [0.05, 0.1) is 18.7 Å². The van der Waals surface area contributed by atoms with E-state index in [1.807, 2.05) is 24.3 Å². The van der Waals surface area contributed by atoms with Crippen molar-refractivity contribution in [1.82, 2.24) is 10.3 Å². The molecule has 114 valence electrons. The van der Waals surface area contributed by atoms with E-state index in [0.717, 1.165) is 24.2 Å². The molecule has 1 unspecified atom stereocenters. The van der Waals surface area contributed by atoms with Crippen molar-refractivity contribution in [3.05, 3.63) is 64.1 Å². The molecular weight excluding hydrogens is 280 g/mol. The third kappa shape index (κ3) is 3.19. The number of rotatable bonds is 5. The second-order valence-electron chi connectivity index (χ2n) is 5.50. The van der Waals surface area contributed by atoms with Crippen molar-refractivity contribution in [2.24, 2.45) is 5.92 Å². The molecule has 0 spiro atoms. The van der Waals surface area contributed by atoms with E-state index < -0.39 is 0 Å². The van der Waals surface area contributed by atoms with Gasteiger partial charge >= 0.3 is 0 Å². The number of hydrogen-bond donors (Lipinski definition) is 2. The molecule has 0 aliphatic heterocycles. The topological polar surface area (TPSA) is 71.2 Å². The number of benzene rings is 1. The van der Waals surface area contributed by atoms with E-state index in [2.05, 4.69) is 10.3 Å². The summed E-state index contributed by atoms with van der Waals surface area (Å²) in [6.45, 7) is 0. The summed E-state index contributed by atoms with van der Waals surface area (Å²) in [4.78, 5) is 25.9. The van der Waals surface area contributed by atoms with Crippen molar-refractivity contribution in [2.75, 3.05) is 7.11 Å². The first-order valence-electron chi connectivity index (χ1n) is 7.31. The first-order chi connectivity index (χ1) is 10.7. The lowest BCUT2D eigenvalue weighted by atomic mass is 10.0. The van der Waals surface area contributed by atoms with Gasteiger partial charge in [0.25, 0.3) is 5.91 Å². The van der Waals surface area contributed by atoms with E-state index in [1.165, 1.54) is 18.3 Å². The Hall–Kier alpha value is -2.56. The molecule has 1 amide bonds. The largest absolute Gasteiger partial charge is 0.497 e. The summed E-state index contributed by atoms with van der Waals surface area (Å²) in [5.74, 6) is 1.09. The second-order valence-corrected chi connectivity index (χ2v) is 5.50. The number of carbonyl (C=O) groups is 1. The zero-order chi connectivity index (χ0) is 15.5. The van der Waals surface area contributed by atoms with Gasteiger partial charge in [-0.2, -0.15) is 0 Å². The fourth-order valence-corrected chi connectivity index (χ4v) is 2.49. The molecule has 1 aromatic carbocycles. The zero-order valence-electron chi connectivity index (χ0n) is 12.3. The van der Waals surface area contributed by atoms with Crippen molar-refractivity contribution in [3.63, 3.8) is 0 Å². The highest BCUT2D eigenvalue weighted by Gasteiger charge is 2.33. The maximum absolute atomic E-state index is 12.3. The van der Waals surface area contributed by atoms with Crippen LogP contribution < -0.4 is 15.6 Å². The Morgan fingerprint density at radius 1 is 1.23 bits per heavy atom. The van der Waals surface area contributed by atoms with Crippen LogP contribution in [0.2, 0.25) is 0 Å². The van der Waals surface area contributed by atoms with E-state index in [0.29, 0.717) is 11.5 Å². The van der Waals surface area contributed by atoms with Crippen molar-refractivity contribution >= 4 is 5.91 Å². The number of amides is 1. The molecule has 3 rings (SSSR count).